The van der Waals surface area contributed by atoms with Gasteiger partial charge in [0.15, 0.2) is 0 Å². The summed E-state index contributed by atoms with van der Waals surface area (Å²) in [7, 11) is 0. The third-order valence-electron chi connectivity index (χ3n) is 3.53. The molecule has 4 nitrogen and oxygen atoms in total. The van der Waals surface area contributed by atoms with Gasteiger partial charge < -0.3 is 10.2 Å². The Balaban J connectivity index is 2.06. The normalized spacial score (nSPS) is 28.1. The van der Waals surface area contributed by atoms with E-state index in [0.29, 0.717) is 5.92 Å². The van der Waals surface area contributed by atoms with Crippen LogP contribution < -0.4 is 10.2 Å². The maximum absolute atomic E-state index is 11.8. The van der Waals surface area contributed by atoms with Gasteiger partial charge in [-0.25, -0.2) is 4.98 Å². The van der Waals surface area contributed by atoms with Crippen LogP contribution in [0.5, 0.6) is 0 Å². The Hall–Kier alpha value is -1.58. The molecule has 84 valence electrons. The van der Waals surface area contributed by atoms with Crippen LogP contribution in [0.25, 0.3) is 0 Å². The van der Waals surface area contributed by atoms with Crippen LogP contribution in [0.4, 0.5) is 5.82 Å². The highest BCUT2D eigenvalue weighted by Gasteiger charge is 2.37. The molecule has 0 spiro atoms. The summed E-state index contributed by atoms with van der Waals surface area (Å²) < 4.78 is 0. The van der Waals surface area contributed by atoms with Crippen molar-refractivity contribution in [2.75, 3.05) is 18.0 Å². The van der Waals surface area contributed by atoms with Crippen molar-refractivity contribution in [3.63, 3.8) is 0 Å². The number of rotatable bonds is 0. The van der Waals surface area contributed by atoms with Crippen LogP contribution in [0, 0.1) is 0 Å². The summed E-state index contributed by atoms with van der Waals surface area (Å²) in [4.78, 5) is 18.4. The summed E-state index contributed by atoms with van der Waals surface area (Å²) in [6.07, 6.45) is 2.70. The Morgan fingerprint density at radius 2 is 2.44 bits per heavy atom. The van der Waals surface area contributed by atoms with Crippen molar-refractivity contribution < 1.29 is 4.79 Å². The molecule has 0 aromatic carbocycles. The van der Waals surface area contributed by atoms with Gasteiger partial charge in [0.25, 0.3) is 0 Å². The molecule has 0 bridgehead atoms. The van der Waals surface area contributed by atoms with Crippen LogP contribution in [0.3, 0.4) is 0 Å². The highest BCUT2D eigenvalue weighted by Crippen LogP contribution is 2.36. The zero-order valence-corrected chi connectivity index (χ0v) is 9.31. The molecule has 3 heterocycles. The Kier molecular flexibility index (Phi) is 2.09. The highest BCUT2D eigenvalue weighted by atomic mass is 16.2. The largest absolute Gasteiger partial charge is 0.353 e. The molecule has 2 unspecified atom stereocenters. The van der Waals surface area contributed by atoms with E-state index in [2.05, 4.69) is 28.2 Å². The smallest absolute Gasteiger partial charge is 0.242 e. The molecule has 0 radical (unpaired) electrons. The first kappa shape index (κ1) is 9.63. The topological polar surface area (TPSA) is 45.2 Å². The number of pyridine rings is 1. The summed E-state index contributed by atoms with van der Waals surface area (Å²) in [6.45, 7) is 3.76. The quantitative estimate of drug-likeness (QED) is 0.702. The van der Waals surface area contributed by atoms with Crippen molar-refractivity contribution >= 4 is 11.7 Å². The molecule has 3 rings (SSSR count). The van der Waals surface area contributed by atoms with Crippen molar-refractivity contribution in [3.05, 3.63) is 23.9 Å². The molecular weight excluding hydrogens is 202 g/mol. The maximum Gasteiger partial charge on any atom is 0.242 e. The lowest BCUT2D eigenvalue weighted by molar-refractivity contribution is -0.123. The van der Waals surface area contributed by atoms with Gasteiger partial charge in [-0.05, 0) is 24.0 Å². The van der Waals surface area contributed by atoms with Gasteiger partial charge in [-0.3, -0.25) is 4.79 Å². The summed E-state index contributed by atoms with van der Waals surface area (Å²) in [5, 5.41) is 2.92. The van der Waals surface area contributed by atoms with Crippen LogP contribution in [-0.4, -0.2) is 30.0 Å². The summed E-state index contributed by atoms with van der Waals surface area (Å²) >= 11 is 0. The molecule has 1 amide bonds. The van der Waals surface area contributed by atoms with Crippen molar-refractivity contribution in [1.82, 2.24) is 10.3 Å². The predicted octanol–water partition coefficient (Wildman–Crippen LogP) is 0.894. The Bertz CT molecular complexity index is 432. The van der Waals surface area contributed by atoms with Crippen LogP contribution >= 0.6 is 0 Å². The minimum absolute atomic E-state index is 0.0221. The number of hydrogen-bond acceptors (Lipinski definition) is 3. The molecule has 4 heteroatoms. The number of amides is 1. The highest BCUT2D eigenvalue weighted by molar-refractivity contribution is 5.87. The van der Waals surface area contributed by atoms with Gasteiger partial charge in [0.1, 0.15) is 11.9 Å². The first-order valence-corrected chi connectivity index (χ1v) is 5.76. The number of nitrogens with zero attached hydrogens (tertiary/aromatic N) is 2. The zero-order chi connectivity index (χ0) is 11.1. The van der Waals surface area contributed by atoms with Gasteiger partial charge in [0, 0.05) is 19.3 Å². The fourth-order valence-corrected chi connectivity index (χ4v) is 2.70. The number of carbonyl (C=O) groups excluding carboxylic acids is 1. The SMILES string of the molecule is CC1CC2C(=O)NCCN2c2ncccc21. The first-order valence-electron chi connectivity index (χ1n) is 5.76. The van der Waals surface area contributed by atoms with Gasteiger partial charge in [-0.2, -0.15) is 0 Å². The molecule has 1 aromatic heterocycles. The summed E-state index contributed by atoms with van der Waals surface area (Å²) in [5.41, 5.74) is 1.27. The number of carbonyl (C=O) groups is 1. The number of piperazine rings is 1. The molecule has 1 aromatic rings. The van der Waals surface area contributed by atoms with E-state index >= 15 is 0 Å². The second-order valence-electron chi connectivity index (χ2n) is 4.55. The fraction of sp³-hybridized carbons (Fsp3) is 0.500. The number of aromatic nitrogens is 1. The first-order chi connectivity index (χ1) is 7.77. The molecule has 16 heavy (non-hydrogen) atoms. The second kappa shape index (κ2) is 3.47. The number of anilines is 1. The van der Waals surface area contributed by atoms with Crippen LogP contribution in [0.2, 0.25) is 0 Å². The minimum Gasteiger partial charge on any atom is -0.353 e. The van der Waals surface area contributed by atoms with Crippen LogP contribution in [-0.2, 0) is 4.79 Å². The molecule has 1 N–H and O–H groups in total. The van der Waals surface area contributed by atoms with Gasteiger partial charge in [-0.15, -0.1) is 0 Å². The molecule has 1 fully saturated rings. The lowest BCUT2D eigenvalue weighted by Gasteiger charge is -2.42. The third-order valence-corrected chi connectivity index (χ3v) is 3.53. The Morgan fingerprint density at radius 1 is 1.56 bits per heavy atom. The Labute approximate surface area is 94.7 Å². The zero-order valence-electron chi connectivity index (χ0n) is 9.31. The van der Waals surface area contributed by atoms with Crippen molar-refractivity contribution in [2.24, 2.45) is 0 Å². The standard InChI is InChI=1S/C12H15N3O/c1-8-7-10-12(16)14-5-6-15(10)11-9(8)3-2-4-13-11/h2-4,8,10H,5-7H2,1H3,(H,14,16). The fourth-order valence-electron chi connectivity index (χ4n) is 2.70. The molecule has 2 aliphatic heterocycles. The van der Waals surface area contributed by atoms with Gasteiger partial charge in [0.05, 0.1) is 0 Å². The molecule has 2 aliphatic rings. The van der Waals surface area contributed by atoms with E-state index in [1.807, 2.05) is 6.07 Å². The number of fused-ring (bicyclic) bond motifs is 3. The van der Waals surface area contributed by atoms with Crippen LogP contribution in [0.15, 0.2) is 18.3 Å². The molecule has 0 aliphatic carbocycles. The summed E-state index contributed by atoms with van der Waals surface area (Å²) in [6, 6.07) is 4.07. The average Bonchev–Trinajstić information content (AvgIpc) is 2.31. The van der Waals surface area contributed by atoms with Crippen molar-refractivity contribution in [3.8, 4) is 0 Å². The van der Waals surface area contributed by atoms with E-state index in [-0.39, 0.29) is 11.9 Å². The minimum atomic E-state index is -0.0221. The van der Waals surface area contributed by atoms with E-state index in [4.69, 9.17) is 0 Å². The van der Waals surface area contributed by atoms with Crippen molar-refractivity contribution in [2.45, 2.75) is 25.3 Å². The van der Waals surface area contributed by atoms with Crippen molar-refractivity contribution in [1.29, 1.82) is 0 Å². The second-order valence-corrected chi connectivity index (χ2v) is 4.55. The molecule has 1 saturated heterocycles. The third kappa shape index (κ3) is 1.29. The van der Waals surface area contributed by atoms with E-state index < -0.39 is 0 Å². The lowest BCUT2D eigenvalue weighted by Crippen LogP contribution is -2.57. The maximum atomic E-state index is 11.8. The molecular formula is C12H15N3O. The molecule has 0 saturated carbocycles. The predicted molar refractivity (Wildman–Crippen MR) is 61.4 cm³/mol. The summed E-state index contributed by atoms with van der Waals surface area (Å²) in [5.74, 6) is 1.56. The molecule has 2 atom stereocenters. The van der Waals surface area contributed by atoms with Gasteiger partial charge in [-0.1, -0.05) is 13.0 Å². The number of hydrogen-bond donors (Lipinski definition) is 1. The average molecular weight is 217 g/mol. The number of nitrogens with one attached hydrogen (secondary N) is 1. The lowest BCUT2D eigenvalue weighted by atomic mass is 9.88. The monoisotopic (exact) mass is 217 g/mol. The van der Waals surface area contributed by atoms with E-state index in [0.717, 1.165) is 25.3 Å². The Morgan fingerprint density at radius 3 is 3.31 bits per heavy atom. The van der Waals surface area contributed by atoms with Gasteiger partial charge >= 0.3 is 0 Å². The van der Waals surface area contributed by atoms with E-state index in [1.54, 1.807) is 6.20 Å². The van der Waals surface area contributed by atoms with Crippen LogP contribution in [0.1, 0.15) is 24.8 Å². The van der Waals surface area contributed by atoms with Gasteiger partial charge in [0.2, 0.25) is 5.91 Å². The van der Waals surface area contributed by atoms with E-state index in [9.17, 15) is 4.79 Å². The van der Waals surface area contributed by atoms with E-state index in [1.165, 1.54) is 5.56 Å².